The maximum atomic E-state index is 10.7. The molecule has 0 heterocycles. The Bertz CT molecular complexity index is 340. The van der Waals surface area contributed by atoms with Crippen molar-refractivity contribution in [1.29, 1.82) is 0 Å². The molecule has 0 aliphatic rings. The molecule has 2 N–H and O–H groups in total. The van der Waals surface area contributed by atoms with Crippen molar-refractivity contribution in [2.45, 2.75) is 6.04 Å². The molecule has 0 aromatic carbocycles. The van der Waals surface area contributed by atoms with E-state index in [0.717, 1.165) is 0 Å². The van der Waals surface area contributed by atoms with Gasteiger partial charge in [0, 0.05) is 5.75 Å². The van der Waals surface area contributed by atoms with Crippen LogP contribution >= 0.6 is 70.6 Å². The number of thiol groups is 1. The number of carboxylic acids is 1. The van der Waals surface area contributed by atoms with Crippen LogP contribution in [0.5, 0.6) is 0 Å². The van der Waals surface area contributed by atoms with E-state index in [0.29, 0.717) is 0 Å². The highest BCUT2D eigenvalue weighted by molar-refractivity contribution is 7.80. The molecule has 16 heavy (non-hydrogen) atoms. The predicted octanol–water partition coefficient (Wildman–Crippen LogP) is 3.49. The first-order chi connectivity index (χ1) is 7.31. The number of rotatable bonds is 5. The molecule has 3 nitrogen and oxygen atoms in total. The molecule has 0 fully saturated rings. The van der Waals surface area contributed by atoms with Crippen LogP contribution in [0.1, 0.15) is 0 Å². The number of halogens is 5. The van der Waals surface area contributed by atoms with Crippen LogP contribution in [0.4, 0.5) is 0 Å². The molecule has 0 saturated carbocycles. The quantitative estimate of drug-likeness (QED) is 0.406. The number of carbonyl (C=O) groups is 1. The first kappa shape index (κ1) is 16.6. The van der Waals surface area contributed by atoms with Gasteiger partial charge in [-0.2, -0.15) is 12.6 Å². The maximum Gasteiger partial charge on any atom is 0.327 e. The van der Waals surface area contributed by atoms with E-state index in [4.69, 9.17) is 63.1 Å². The summed E-state index contributed by atoms with van der Waals surface area (Å²) in [6.07, 6.45) is 0. The van der Waals surface area contributed by atoms with Gasteiger partial charge in [0.2, 0.25) is 0 Å². The Labute approximate surface area is 123 Å². The molecule has 0 radical (unpaired) electrons. The Morgan fingerprint density at radius 2 is 1.69 bits per heavy atom. The molecule has 92 valence electrons. The second-order valence-electron chi connectivity index (χ2n) is 2.42. The van der Waals surface area contributed by atoms with Crippen molar-refractivity contribution in [2.75, 3.05) is 5.75 Å². The van der Waals surface area contributed by atoms with Gasteiger partial charge >= 0.3 is 5.97 Å². The lowest BCUT2D eigenvalue weighted by atomic mass is 10.3. The van der Waals surface area contributed by atoms with E-state index >= 15 is 0 Å². The van der Waals surface area contributed by atoms with Gasteiger partial charge in [-0.15, -0.1) is 0 Å². The van der Waals surface area contributed by atoms with Gasteiger partial charge in [-0.25, -0.2) is 4.79 Å². The van der Waals surface area contributed by atoms with Crippen molar-refractivity contribution in [3.05, 3.63) is 19.7 Å². The molecular formula is C7H6Cl5NO2S. The summed E-state index contributed by atoms with van der Waals surface area (Å²) in [5.74, 6) is -1.11. The van der Waals surface area contributed by atoms with Gasteiger partial charge in [0.05, 0.1) is 10.1 Å². The highest BCUT2D eigenvalue weighted by Gasteiger charge is 2.18. The van der Waals surface area contributed by atoms with E-state index in [2.05, 4.69) is 17.9 Å². The second-order valence-corrected chi connectivity index (χ2v) is 4.87. The summed E-state index contributed by atoms with van der Waals surface area (Å²) in [5, 5.41) is 10.6. The highest BCUT2D eigenvalue weighted by Crippen LogP contribution is 2.30. The van der Waals surface area contributed by atoms with Gasteiger partial charge in [-0.1, -0.05) is 58.0 Å². The Morgan fingerprint density at radius 3 is 2.00 bits per heavy atom. The number of aliphatic carboxylic acids is 1. The van der Waals surface area contributed by atoms with Crippen molar-refractivity contribution >= 4 is 76.6 Å². The van der Waals surface area contributed by atoms with Crippen LogP contribution in [0.15, 0.2) is 19.7 Å². The highest BCUT2D eigenvalue weighted by atomic mass is 35.5. The SMILES string of the molecule is O=C(O)[C@H](CS)NC(Cl)=C(Cl)C(Cl)=C(Cl)Cl. The molecule has 0 saturated heterocycles. The lowest BCUT2D eigenvalue weighted by molar-refractivity contribution is -0.138. The lowest BCUT2D eigenvalue weighted by Crippen LogP contribution is -2.36. The van der Waals surface area contributed by atoms with Gasteiger partial charge in [-0.05, 0) is 0 Å². The van der Waals surface area contributed by atoms with Crippen molar-refractivity contribution in [1.82, 2.24) is 5.32 Å². The fourth-order valence-electron chi connectivity index (χ4n) is 0.581. The van der Waals surface area contributed by atoms with E-state index in [1.54, 1.807) is 0 Å². The lowest BCUT2D eigenvalue weighted by Gasteiger charge is -2.13. The Hall–Kier alpha value is 0.550. The third-order valence-electron chi connectivity index (χ3n) is 1.33. The molecule has 9 heteroatoms. The van der Waals surface area contributed by atoms with Gasteiger partial charge in [0.25, 0.3) is 0 Å². The summed E-state index contributed by atoms with van der Waals surface area (Å²) in [6.45, 7) is 0. The molecule has 0 aromatic heterocycles. The smallest absolute Gasteiger partial charge is 0.327 e. The molecule has 0 spiro atoms. The molecule has 0 aliphatic carbocycles. The summed E-state index contributed by atoms with van der Waals surface area (Å²) in [7, 11) is 0. The standard InChI is InChI=1S/C7H6Cl5NO2S/c8-3(5(10)11)4(9)6(12)13-2(1-16)7(14)15/h2,13,16H,1H2,(H,14,15)/t2-/m0/s1. The summed E-state index contributed by atoms with van der Waals surface area (Å²) < 4.78 is -0.274. The molecule has 0 aliphatic heterocycles. The average Bonchev–Trinajstić information content (AvgIpc) is 2.22. The minimum atomic E-state index is -1.13. The average molecular weight is 345 g/mol. The van der Waals surface area contributed by atoms with Crippen molar-refractivity contribution in [3.63, 3.8) is 0 Å². The number of hydrogen-bond acceptors (Lipinski definition) is 3. The van der Waals surface area contributed by atoms with Gasteiger partial charge in [0.1, 0.15) is 15.7 Å². The zero-order valence-electron chi connectivity index (χ0n) is 7.48. The minimum absolute atomic E-state index is 0.0195. The van der Waals surface area contributed by atoms with Crippen LogP contribution < -0.4 is 5.32 Å². The van der Waals surface area contributed by atoms with Crippen molar-refractivity contribution < 1.29 is 9.90 Å². The Morgan fingerprint density at radius 1 is 1.19 bits per heavy atom. The van der Waals surface area contributed by atoms with Gasteiger partial charge < -0.3 is 10.4 Å². The van der Waals surface area contributed by atoms with E-state index in [1.807, 2.05) is 0 Å². The Balaban J connectivity index is 4.92. The van der Waals surface area contributed by atoms with E-state index < -0.39 is 12.0 Å². The molecular weight excluding hydrogens is 339 g/mol. The van der Waals surface area contributed by atoms with Gasteiger partial charge in [-0.3, -0.25) is 0 Å². The molecule has 0 unspecified atom stereocenters. The number of nitrogens with one attached hydrogen (secondary N) is 1. The van der Waals surface area contributed by atoms with Gasteiger partial charge in [0.15, 0.2) is 0 Å². The molecule has 0 rings (SSSR count). The molecule has 0 bridgehead atoms. The number of allylic oxidation sites excluding steroid dienone is 2. The summed E-state index contributed by atoms with van der Waals surface area (Å²) >= 11 is 31.6. The monoisotopic (exact) mass is 343 g/mol. The third kappa shape index (κ3) is 5.25. The third-order valence-corrected chi connectivity index (χ3v) is 3.52. The first-order valence-electron chi connectivity index (χ1n) is 3.67. The summed E-state index contributed by atoms with van der Waals surface area (Å²) in [6, 6.07) is -0.997. The van der Waals surface area contributed by atoms with Crippen LogP contribution in [0.2, 0.25) is 0 Å². The predicted molar refractivity (Wildman–Crippen MR) is 71.7 cm³/mol. The molecule has 0 amide bonds. The minimum Gasteiger partial charge on any atom is -0.480 e. The summed E-state index contributed by atoms with van der Waals surface area (Å²) in [5.41, 5.74) is 0. The maximum absolute atomic E-state index is 10.7. The Kier molecular flexibility index (Phi) is 8.06. The first-order valence-corrected chi connectivity index (χ1v) is 6.20. The molecule has 0 aromatic rings. The topological polar surface area (TPSA) is 49.3 Å². The van der Waals surface area contributed by atoms with Crippen LogP contribution in [-0.4, -0.2) is 22.9 Å². The fraction of sp³-hybridized carbons (Fsp3) is 0.286. The van der Waals surface area contributed by atoms with E-state index in [9.17, 15) is 4.79 Å². The van der Waals surface area contributed by atoms with Crippen molar-refractivity contribution in [2.24, 2.45) is 0 Å². The van der Waals surface area contributed by atoms with Crippen LogP contribution in [0.3, 0.4) is 0 Å². The van der Waals surface area contributed by atoms with Crippen molar-refractivity contribution in [3.8, 4) is 0 Å². The zero-order valence-corrected chi connectivity index (χ0v) is 12.2. The fourth-order valence-corrected chi connectivity index (χ4v) is 1.63. The number of hydrogen-bond donors (Lipinski definition) is 3. The second kappa shape index (κ2) is 7.80. The summed E-state index contributed by atoms with van der Waals surface area (Å²) in [4.78, 5) is 10.7. The molecule has 1 atom stereocenters. The van der Waals surface area contributed by atoms with Crippen LogP contribution in [0.25, 0.3) is 0 Å². The normalized spacial score (nSPS) is 13.9. The zero-order chi connectivity index (χ0) is 12.9. The van der Waals surface area contributed by atoms with E-state index in [1.165, 1.54) is 0 Å². The largest absolute Gasteiger partial charge is 0.480 e. The number of carboxylic acid groups (broad SMARTS) is 1. The van der Waals surface area contributed by atoms with E-state index in [-0.39, 0.29) is 25.5 Å². The van der Waals surface area contributed by atoms with Crippen LogP contribution in [0, 0.1) is 0 Å². The van der Waals surface area contributed by atoms with Crippen LogP contribution in [-0.2, 0) is 4.79 Å².